The van der Waals surface area contributed by atoms with E-state index in [0.717, 1.165) is 12.1 Å². The van der Waals surface area contributed by atoms with E-state index < -0.39 is 0 Å². The van der Waals surface area contributed by atoms with Crippen LogP contribution in [0.3, 0.4) is 0 Å². The van der Waals surface area contributed by atoms with Gasteiger partial charge in [0.2, 0.25) is 0 Å². The Morgan fingerprint density at radius 2 is 2.40 bits per heavy atom. The zero-order valence-electron chi connectivity index (χ0n) is 6.55. The molecule has 0 aromatic rings. The van der Waals surface area contributed by atoms with E-state index in [4.69, 9.17) is 4.84 Å². The predicted octanol–water partition coefficient (Wildman–Crippen LogP) is 2.12. The fourth-order valence-corrected chi connectivity index (χ4v) is 1.13. The Bertz CT molecular complexity index is 170. The van der Waals surface area contributed by atoms with Gasteiger partial charge in [-0.15, -0.1) is 0 Å². The minimum absolute atomic E-state index is 1.07. The molecule has 1 aliphatic carbocycles. The Hall–Kier alpha value is -0.790. The lowest BCUT2D eigenvalue weighted by molar-refractivity contribution is 0.212. The van der Waals surface area contributed by atoms with Crippen molar-refractivity contribution in [2.24, 2.45) is 5.16 Å². The lowest BCUT2D eigenvalue weighted by Crippen LogP contribution is -2.05. The molecule has 0 bridgehead atoms. The van der Waals surface area contributed by atoms with Crippen molar-refractivity contribution >= 4 is 5.71 Å². The summed E-state index contributed by atoms with van der Waals surface area (Å²) < 4.78 is 0. The second-order valence-corrected chi connectivity index (χ2v) is 2.50. The molecule has 0 saturated carbocycles. The Morgan fingerprint density at radius 1 is 1.60 bits per heavy atom. The first kappa shape index (κ1) is 7.32. The van der Waals surface area contributed by atoms with Crippen LogP contribution in [0.15, 0.2) is 16.8 Å². The molecular formula is C8H13NO. The lowest BCUT2D eigenvalue weighted by Gasteiger charge is -2.09. The monoisotopic (exact) mass is 139 g/mol. The van der Waals surface area contributed by atoms with Crippen molar-refractivity contribution in [1.29, 1.82) is 0 Å². The van der Waals surface area contributed by atoms with Crippen molar-refractivity contribution in [3.63, 3.8) is 0 Å². The van der Waals surface area contributed by atoms with Crippen molar-refractivity contribution in [1.82, 2.24) is 0 Å². The van der Waals surface area contributed by atoms with Crippen molar-refractivity contribution in [2.75, 3.05) is 7.11 Å². The molecule has 1 rings (SSSR count). The van der Waals surface area contributed by atoms with Gasteiger partial charge in [-0.25, -0.2) is 0 Å². The molecule has 0 unspecified atom stereocenters. The molecule has 10 heavy (non-hydrogen) atoms. The van der Waals surface area contributed by atoms with Crippen LogP contribution in [0, 0.1) is 0 Å². The zero-order valence-corrected chi connectivity index (χ0v) is 6.55. The van der Waals surface area contributed by atoms with E-state index in [1.54, 1.807) is 7.11 Å². The Kier molecular flexibility index (Phi) is 2.49. The molecule has 0 amide bonds. The van der Waals surface area contributed by atoms with Crippen LogP contribution in [0.2, 0.25) is 0 Å². The summed E-state index contributed by atoms with van der Waals surface area (Å²) in [6.45, 7) is 2.08. The second kappa shape index (κ2) is 3.40. The van der Waals surface area contributed by atoms with Crippen LogP contribution >= 0.6 is 0 Å². The highest BCUT2D eigenvalue weighted by atomic mass is 16.6. The fraction of sp³-hybridized carbons (Fsp3) is 0.625. The van der Waals surface area contributed by atoms with E-state index >= 15 is 0 Å². The van der Waals surface area contributed by atoms with Crippen LogP contribution in [-0.4, -0.2) is 12.8 Å². The van der Waals surface area contributed by atoms with E-state index in [1.807, 2.05) is 0 Å². The zero-order chi connectivity index (χ0) is 7.40. The van der Waals surface area contributed by atoms with Crippen LogP contribution in [0.25, 0.3) is 0 Å². The largest absolute Gasteiger partial charge is 0.399 e. The van der Waals surface area contributed by atoms with E-state index in [9.17, 15) is 0 Å². The molecule has 0 heterocycles. The van der Waals surface area contributed by atoms with Crippen LogP contribution in [-0.2, 0) is 4.84 Å². The number of oxime groups is 1. The van der Waals surface area contributed by atoms with Crippen molar-refractivity contribution in [2.45, 2.75) is 26.2 Å². The van der Waals surface area contributed by atoms with Gasteiger partial charge in [-0.2, -0.15) is 0 Å². The first-order chi connectivity index (χ1) is 4.84. The molecule has 0 fully saturated rings. The van der Waals surface area contributed by atoms with Gasteiger partial charge in [-0.05, 0) is 31.8 Å². The molecule has 0 spiro atoms. The molecular weight excluding hydrogens is 126 g/mol. The molecule has 0 aliphatic heterocycles. The highest BCUT2D eigenvalue weighted by Gasteiger charge is 2.06. The van der Waals surface area contributed by atoms with Gasteiger partial charge >= 0.3 is 0 Å². The second-order valence-electron chi connectivity index (χ2n) is 2.50. The van der Waals surface area contributed by atoms with Crippen LogP contribution in [0.5, 0.6) is 0 Å². The van der Waals surface area contributed by atoms with Gasteiger partial charge in [0.1, 0.15) is 7.11 Å². The SMILES string of the molecule is CO/N=C1/CCCC=C1C. The molecule has 2 heteroatoms. The van der Waals surface area contributed by atoms with E-state index in [1.165, 1.54) is 18.4 Å². The minimum Gasteiger partial charge on any atom is -0.399 e. The number of hydrogen-bond acceptors (Lipinski definition) is 2. The molecule has 0 aromatic carbocycles. The van der Waals surface area contributed by atoms with Gasteiger partial charge in [-0.3, -0.25) is 0 Å². The molecule has 1 aliphatic rings. The first-order valence-corrected chi connectivity index (χ1v) is 3.61. The minimum atomic E-state index is 1.07. The maximum Gasteiger partial charge on any atom is 0.106 e. The van der Waals surface area contributed by atoms with Crippen molar-refractivity contribution in [3.05, 3.63) is 11.6 Å². The third kappa shape index (κ3) is 1.59. The summed E-state index contributed by atoms with van der Waals surface area (Å²) in [6, 6.07) is 0. The van der Waals surface area contributed by atoms with Crippen LogP contribution in [0.1, 0.15) is 26.2 Å². The summed E-state index contributed by atoms with van der Waals surface area (Å²) in [7, 11) is 1.59. The molecule has 0 radical (unpaired) electrons. The van der Waals surface area contributed by atoms with Gasteiger partial charge in [-0.1, -0.05) is 11.2 Å². The summed E-state index contributed by atoms with van der Waals surface area (Å²) in [5, 5.41) is 3.91. The smallest absolute Gasteiger partial charge is 0.106 e. The summed E-state index contributed by atoms with van der Waals surface area (Å²) >= 11 is 0. The average molecular weight is 139 g/mol. The third-order valence-corrected chi connectivity index (χ3v) is 1.72. The van der Waals surface area contributed by atoms with Gasteiger partial charge in [0.25, 0.3) is 0 Å². The Balaban J connectivity index is 2.67. The summed E-state index contributed by atoms with van der Waals surface area (Å²) in [5.41, 5.74) is 2.38. The molecule has 0 N–H and O–H groups in total. The lowest BCUT2D eigenvalue weighted by atomic mass is 9.99. The molecule has 2 nitrogen and oxygen atoms in total. The number of hydrogen-bond donors (Lipinski definition) is 0. The van der Waals surface area contributed by atoms with Gasteiger partial charge in [0, 0.05) is 0 Å². The summed E-state index contributed by atoms with van der Waals surface area (Å²) in [4.78, 5) is 4.70. The molecule has 0 saturated heterocycles. The average Bonchev–Trinajstić information content (AvgIpc) is 1.94. The standard InChI is InChI=1S/C8H13NO/c1-7-5-3-4-6-8(7)9-10-2/h5H,3-4,6H2,1-2H3/b9-8-. The molecule has 0 atom stereocenters. The molecule has 56 valence electrons. The predicted molar refractivity (Wildman–Crippen MR) is 42.1 cm³/mol. The number of nitrogens with zero attached hydrogens (tertiary/aromatic N) is 1. The summed E-state index contributed by atoms with van der Waals surface area (Å²) in [6.07, 6.45) is 5.67. The molecule has 0 aromatic heterocycles. The number of rotatable bonds is 1. The fourth-order valence-electron chi connectivity index (χ4n) is 1.13. The van der Waals surface area contributed by atoms with Crippen LogP contribution in [0.4, 0.5) is 0 Å². The van der Waals surface area contributed by atoms with Crippen molar-refractivity contribution < 1.29 is 4.84 Å². The van der Waals surface area contributed by atoms with Gasteiger partial charge in [0.05, 0.1) is 5.71 Å². The van der Waals surface area contributed by atoms with E-state index in [2.05, 4.69) is 18.2 Å². The summed E-state index contributed by atoms with van der Waals surface area (Å²) in [5.74, 6) is 0. The Morgan fingerprint density at radius 3 is 3.00 bits per heavy atom. The maximum absolute atomic E-state index is 4.70. The van der Waals surface area contributed by atoms with Gasteiger partial charge < -0.3 is 4.84 Å². The third-order valence-electron chi connectivity index (χ3n) is 1.72. The van der Waals surface area contributed by atoms with E-state index in [0.29, 0.717) is 0 Å². The van der Waals surface area contributed by atoms with E-state index in [-0.39, 0.29) is 0 Å². The first-order valence-electron chi connectivity index (χ1n) is 3.61. The maximum atomic E-state index is 4.70. The highest BCUT2D eigenvalue weighted by molar-refractivity contribution is 5.99. The number of allylic oxidation sites excluding steroid dienone is 2. The van der Waals surface area contributed by atoms with Crippen LogP contribution < -0.4 is 0 Å². The van der Waals surface area contributed by atoms with Crippen molar-refractivity contribution in [3.8, 4) is 0 Å². The Labute approximate surface area is 61.6 Å². The van der Waals surface area contributed by atoms with Gasteiger partial charge in [0.15, 0.2) is 0 Å². The normalized spacial score (nSPS) is 22.6. The topological polar surface area (TPSA) is 21.6 Å². The highest BCUT2D eigenvalue weighted by Crippen LogP contribution is 2.14. The quantitative estimate of drug-likeness (QED) is 0.510.